The molecule has 0 saturated carbocycles. The zero-order valence-corrected chi connectivity index (χ0v) is 10.7. The molecular weight excluding hydrogens is 212 g/mol. The van der Waals surface area contributed by atoms with Gasteiger partial charge in [-0.3, -0.25) is 4.79 Å². The summed E-state index contributed by atoms with van der Waals surface area (Å²) >= 11 is 0. The van der Waals surface area contributed by atoms with Crippen molar-refractivity contribution in [1.82, 2.24) is 0 Å². The molecule has 3 heteroatoms. The summed E-state index contributed by atoms with van der Waals surface area (Å²) in [4.78, 5) is 10.9. The van der Waals surface area contributed by atoms with Crippen molar-refractivity contribution in [2.75, 3.05) is 5.32 Å². The molecule has 0 aliphatic carbocycles. The van der Waals surface area contributed by atoms with Gasteiger partial charge in [0.1, 0.15) is 0 Å². The van der Waals surface area contributed by atoms with Crippen molar-refractivity contribution in [3.63, 3.8) is 0 Å². The predicted molar refractivity (Wildman–Crippen MR) is 71.8 cm³/mol. The topological polar surface area (TPSA) is 55.1 Å². The Hall–Kier alpha value is -1.35. The van der Waals surface area contributed by atoms with Gasteiger partial charge in [-0.15, -0.1) is 0 Å². The number of carbonyl (C=O) groups is 1. The van der Waals surface area contributed by atoms with E-state index in [1.807, 2.05) is 24.3 Å². The zero-order valence-electron chi connectivity index (χ0n) is 10.7. The normalized spacial score (nSPS) is 12.2. The van der Waals surface area contributed by atoms with Gasteiger partial charge in [-0.1, -0.05) is 38.3 Å². The van der Waals surface area contributed by atoms with E-state index < -0.39 is 0 Å². The molecule has 0 unspecified atom stereocenters. The van der Waals surface area contributed by atoms with Crippen LogP contribution in [0, 0.1) is 0 Å². The van der Waals surface area contributed by atoms with Crippen molar-refractivity contribution in [2.24, 2.45) is 5.73 Å². The average molecular weight is 234 g/mol. The molecule has 0 aliphatic heterocycles. The predicted octanol–water partition coefficient (Wildman–Crippen LogP) is 3.23. The summed E-state index contributed by atoms with van der Waals surface area (Å²) in [6.45, 7) is 3.69. The lowest BCUT2D eigenvalue weighted by molar-refractivity contribution is -0.114. The lowest BCUT2D eigenvalue weighted by Gasteiger charge is -2.12. The van der Waals surface area contributed by atoms with Gasteiger partial charge in [0.05, 0.1) is 0 Å². The van der Waals surface area contributed by atoms with E-state index in [1.54, 1.807) is 0 Å². The highest BCUT2D eigenvalue weighted by atomic mass is 16.1. The van der Waals surface area contributed by atoms with Crippen LogP contribution in [0.4, 0.5) is 5.69 Å². The third-order valence-electron chi connectivity index (χ3n) is 2.78. The molecule has 17 heavy (non-hydrogen) atoms. The van der Waals surface area contributed by atoms with Crippen LogP contribution in [0.5, 0.6) is 0 Å². The van der Waals surface area contributed by atoms with Gasteiger partial charge in [0, 0.05) is 18.7 Å². The van der Waals surface area contributed by atoms with Crippen molar-refractivity contribution >= 4 is 11.6 Å². The molecule has 0 aliphatic rings. The molecule has 0 bridgehead atoms. The highest BCUT2D eigenvalue weighted by molar-refractivity contribution is 5.88. The van der Waals surface area contributed by atoms with E-state index in [0.29, 0.717) is 0 Å². The maximum atomic E-state index is 10.9. The summed E-state index contributed by atoms with van der Waals surface area (Å²) < 4.78 is 0. The molecule has 94 valence electrons. The smallest absolute Gasteiger partial charge is 0.221 e. The van der Waals surface area contributed by atoms with E-state index >= 15 is 0 Å². The number of nitrogens with one attached hydrogen (secondary N) is 1. The van der Waals surface area contributed by atoms with Crippen molar-refractivity contribution in [2.45, 2.75) is 45.6 Å². The number of anilines is 1. The quantitative estimate of drug-likeness (QED) is 0.742. The van der Waals surface area contributed by atoms with Crippen LogP contribution in [-0.4, -0.2) is 5.91 Å². The van der Waals surface area contributed by atoms with Gasteiger partial charge in [-0.05, 0) is 24.1 Å². The number of unbranched alkanes of at least 4 members (excludes halogenated alkanes) is 2. The molecule has 1 rings (SSSR count). The van der Waals surface area contributed by atoms with Gasteiger partial charge < -0.3 is 11.1 Å². The van der Waals surface area contributed by atoms with Crippen LogP contribution in [0.3, 0.4) is 0 Å². The SMILES string of the molecule is CCCCC[C@@H](N)c1ccc(NC(C)=O)cc1. The van der Waals surface area contributed by atoms with Gasteiger partial charge in [0.15, 0.2) is 0 Å². The number of hydrogen-bond donors (Lipinski definition) is 2. The molecule has 1 aromatic rings. The van der Waals surface area contributed by atoms with E-state index in [9.17, 15) is 4.79 Å². The molecular formula is C14H22N2O. The molecule has 0 saturated heterocycles. The summed E-state index contributed by atoms with van der Waals surface area (Å²) in [6.07, 6.45) is 4.64. The second-order valence-electron chi connectivity index (χ2n) is 4.41. The Balaban J connectivity index is 2.51. The van der Waals surface area contributed by atoms with Crippen molar-refractivity contribution in [1.29, 1.82) is 0 Å². The van der Waals surface area contributed by atoms with Crippen molar-refractivity contribution in [3.8, 4) is 0 Å². The van der Waals surface area contributed by atoms with Crippen LogP contribution in [0.1, 0.15) is 51.1 Å². The Morgan fingerprint density at radius 3 is 2.47 bits per heavy atom. The summed E-state index contributed by atoms with van der Waals surface area (Å²) in [5.74, 6) is -0.0509. The number of benzene rings is 1. The number of rotatable bonds is 6. The number of hydrogen-bond acceptors (Lipinski definition) is 2. The highest BCUT2D eigenvalue weighted by Crippen LogP contribution is 2.19. The van der Waals surface area contributed by atoms with Crippen LogP contribution in [0.25, 0.3) is 0 Å². The first kappa shape index (κ1) is 13.7. The minimum absolute atomic E-state index is 0.0509. The molecule has 0 heterocycles. The number of carbonyl (C=O) groups excluding carboxylic acids is 1. The molecule has 0 radical (unpaired) electrons. The van der Waals surface area contributed by atoms with Gasteiger partial charge in [0.2, 0.25) is 5.91 Å². The summed E-state index contributed by atoms with van der Waals surface area (Å²) in [5, 5.41) is 2.74. The van der Waals surface area contributed by atoms with E-state index in [2.05, 4.69) is 12.2 Å². The van der Waals surface area contributed by atoms with Crippen molar-refractivity contribution in [3.05, 3.63) is 29.8 Å². The molecule has 1 amide bonds. The number of amides is 1. The second kappa shape index (κ2) is 7.07. The second-order valence-corrected chi connectivity index (χ2v) is 4.41. The fourth-order valence-corrected chi connectivity index (χ4v) is 1.80. The summed E-state index contributed by atoms with van der Waals surface area (Å²) in [5.41, 5.74) is 8.06. The van der Waals surface area contributed by atoms with Gasteiger partial charge in [-0.2, -0.15) is 0 Å². The lowest BCUT2D eigenvalue weighted by Crippen LogP contribution is -2.10. The molecule has 0 fully saturated rings. The highest BCUT2D eigenvalue weighted by Gasteiger charge is 2.05. The molecule has 3 nitrogen and oxygen atoms in total. The fourth-order valence-electron chi connectivity index (χ4n) is 1.80. The van der Waals surface area contributed by atoms with Crippen LogP contribution in [0.15, 0.2) is 24.3 Å². The molecule has 0 aromatic heterocycles. The fraction of sp³-hybridized carbons (Fsp3) is 0.500. The van der Waals surface area contributed by atoms with E-state index in [1.165, 1.54) is 26.2 Å². The maximum absolute atomic E-state index is 10.9. The summed E-state index contributed by atoms with van der Waals surface area (Å²) in [7, 11) is 0. The first-order valence-electron chi connectivity index (χ1n) is 6.26. The van der Waals surface area contributed by atoms with Crippen LogP contribution < -0.4 is 11.1 Å². The third-order valence-corrected chi connectivity index (χ3v) is 2.78. The Morgan fingerprint density at radius 1 is 1.29 bits per heavy atom. The Morgan fingerprint density at radius 2 is 1.94 bits per heavy atom. The minimum Gasteiger partial charge on any atom is -0.326 e. The van der Waals surface area contributed by atoms with Crippen molar-refractivity contribution < 1.29 is 4.79 Å². The van der Waals surface area contributed by atoms with Gasteiger partial charge >= 0.3 is 0 Å². The van der Waals surface area contributed by atoms with Gasteiger partial charge in [-0.25, -0.2) is 0 Å². The van der Waals surface area contributed by atoms with E-state index in [-0.39, 0.29) is 11.9 Å². The Bertz CT molecular complexity index is 346. The van der Waals surface area contributed by atoms with E-state index in [4.69, 9.17) is 5.73 Å². The van der Waals surface area contributed by atoms with Crippen LogP contribution in [-0.2, 0) is 4.79 Å². The van der Waals surface area contributed by atoms with Crippen LogP contribution in [0.2, 0.25) is 0 Å². The Kier molecular flexibility index (Phi) is 5.70. The van der Waals surface area contributed by atoms with Gasteiger partial charge in [0.25, 0.3) is 0 Å². The first-order valence-corrected chi connectivity index (χ1v) is 6.26. The van der Waals surface area contributed by atoms with E-state index in [0.717, 1.165) is 17.7 Å². The Labute approximate surface area is 103 Å². The lowest BCUT2D eigenvalue weighted by atomic mass is 10.0. The molecule has 3 N–H and O–H groups in total. The standard InChI is InChI=1S/C14H22N2O/c1-3-4-5-6-14(15)12-7-9-13(10-8-12)16-11(2)17/h7-10,14H,3-6,15H2,1-2H3,(H,16,17)/t14-/m1/s1. The molecule has 1 atom stereocenters. The zero-order chi connectivity index (χ0) is 12.7. The van der Waals surface area contributed by atoms with Crippen LogP contribution >= 0.6 is 0 Å². The summed E-state index contributed by atoms with van der Waals surface area (Å²) in [6, 6.07) is 7.88. The largest absolute Gasteiger partial charge is 0.326 e. The third kappa shape index (κ3) is 5.00. The first-order chi connectivity index (χ1) is 8.13. The maximum Gasteiger partial charge on any atom is 0.221 e. The average Bonchev–Trinajstić information content (AvgIpc) is 2.29. The monoisotopic (exact) mass is 234 g/mol. The minimum atomic E-state index is -0.0509. The molecule has 1 aromatic carbocycles. The molecule has 0 spiro atoms. The number of nitrogens with two attached hydrogens (primary N) is 1.